The van der Waals surface area contributed by atoms with Gasteiger partial charge in [0.1, 0.15) is 0 Å². The first-order chi connectivity index (χ1) is 6.82. The van der Waals surface area contributed by atoms with Crippen LogP contribution in [0.3, 0.4) is 0 Å². The van der Waals surface area contributed by atoms with Crippen LogP contribution in [0.2, 0.25) is 5.02 Å². The van der Waals surface area contributed by atoms with Gasteiger partial charge in [0.05, 0.1) is 10.6 Å². The van der Waals surface area contributed by atoms with Gasteiger partial charge in [-0.3, -0.25) is 0 Å². The van der Waals surface area contributed by atoms with E-state index < -0.39 is 11.7 Å². The van der Waals surface area contributed by atoms with Gasteiger partial charge in [0.15, 0.2) is 0 Å². The second-order valence-corrected chi connectivity index (χ2v) is 3.84. The molecule has 0 saturated heterocycles. The Balaban J connectivity index is 3.12. The van der Waals surface area contributed by atoms with Crippen LogP contribution >= 0.6 is 11.6 Å². The van der Waals surface area contributed by atoms with E-state index in [-0.39, 0.29) is 11.1 Å². The molecule has 5 heteroatoms. The van der Waals surface area contributed by atoms with Crippen LogP contribution < -0.4 is 5.73 Å². The monoisotopic (exact) mass is 237 g/mol. The smallest absolute Gasteiger partial charge is 0.328 e. The maximum Gasteiger partial charge on any atom is 0.417 e. The molecule has 15 heavy (non-hydrogen) atoms. The van der Waals surface area contributed by atoms with Crippen LogP contribution in [0.1, 0.15) is 18.1 Å². The topological polar surface area (TPSA) is 26.0 Å². The maximum absolute atomic E-state index is 12.5. The third-order valence-corrected chi connectivity index (χ3v) is 2.37. The number of benzene rings is 1. The van der Waals surface area contributed by atoms with Crippen molar-refractivity contribution >= 4 is 11.6 Å². The third-order valence-electron chi connectivity index (χ3n) is 1.93. The SMILES string of the molecule is CC(N)Cc1cccc(C(F)(F)F)c1Cl. The zero-order valence-electron chi connectivity index (χ0n) is 8.11. The van der Waals surface area contributed by atoms with E-state index in [1.165, 1.54) is 6.07 Å². The molecule has 0 heterocycles. The molecule has 0 spiro atoms. The zero-order chi connectivity index (χ0) is 11.6. The molecular weight excluding hydrogens is 227 g/mol. The molecule has 1 aromatic carbocycles. The van der Waals surface area contributed by atoms with E-state index in [1.807, 2.05) is 0 Å². The molecule has 1 aromatic rings. The van der Waals surface area contributed by atoms with E-state index in [9.17, 15) is 13.2 Å². The second kappa shape index (κ2) is 4.41. The molecule has 0 aliphatic rings. The van der Waals surface area contributed by atoms with Gasteiger partial charge in [-0.2, -0.15) is 13.2 Å². The number of rotatable bonds is 2. The summed E-state index contributed by atoms with van der Waals surface area (Å²) in [5, 5.41) is -0.248. The number of hydrogen-bond donors (Lipinski definition) is 1. The molecule has 0 bridgehead atoms. The summed E-state index contributed by atoms with van der Waals surface area (Å²) in [7, 11) is 0. The summed E-state index contributed by atoms with van der Waals surface area (Å²) in [5.41, 5.74) is 5.14. The summed E-state index contributed by atoms with van der Waals surface area (Å²) in [6.45, 7) is 1.72. The van der Waals surface area contributed by atoms with Crippen LogP contribution in [0.4, 0.5) is 13.2 Å². The van der Waals surface area contributed by atoms with Gasteiger partial charge in [-0.25, -0.2) is 0 Å². The molecule has 1 atom stereocenters. The number of nitrogens with two attached hydrogens (primary N) is 1. The van der Waals surface area contributed by atoms with Crippen LogP contribution in [-0.4, -0.2) is 6.04 Å². The lowest BCUT2D eigenvalue weighted by molar-refractivity contribution is -0.137. The van der Waals surface area contributed by atoms with Crippen molar-refractivity contribution in [2.75, 3.05) is 0 Å². The number of halogens is 4. The van der Waals surface area contributed by atoms with Gasteiger partial charge in [0.2, 0.25) is 0 Å². The number of hydrogen-bond acceptors (Lipinski definition) is 1. The maximum atomic E-state index is 12.5. The highest BCUT2D eigenvalue weighted by molar-refractivity contribution is 6.32. The zero-order valence-corrected chi connectivity index (χ0v) is 8.86. The molecular formula is C10H11ClF3N. The lowest BCUT2D eigenvalue weighted by atomic mass is 10.0. The molecule has 0 amide bonds. The highest BCUT2D eigenvalue weighted by atomic mass is 35.5. The predicted molar refractivity (Wildman–Crippen MR) is 53.8 cm³/mol. The summed E-state index contributed by atoms with van der Waals surface area (Å²) in [5.74, 6) is 0. The molecule has 0 radical (unpaired) electrons. The quantitative estimate of drug-likeness (QED) is 0.840. The minimum absolute atomic E-state index is 0.217. The Morgan fingerprint density at radius 2 is 2.00 bits per heavy atom. The Kier molecular flexibility index (Phi) is 3.62. The Labute approximate surface area is 91.0 Å². The van der Waals surface area contributed by atoms with Gasteiger partial charge < -0.3 is 5.73 Å². The van der Waals surface area contributed by atoms with E-state index in [1.54, 1.807) is 13.0 Å². The Bertz CT molecular complexity index is 347. The first-order valence-corrected chi connectivity index (χ1v) is 4.80. The van der Waals surface area contributed by atoms with Gasteiger partial charge in [-0.05, 0) is 25.0 Å². The molecule has 1 nitrogen and oxygen atoms in total. The largest absolute Gasteiger partial charge is 0.417 e. The van der Waals surface area contributed by atoms with Crippen molar-refractivity contribution in [2.45, 2.75) is 25.6 Å². The molecule has 1 unspecified atom stereocenters. The molecule has 0 fully saturated rings. The summed E-state index contributed by atoms with van der Waals surface area (Å²) >= 11 is 5.66. The fourth-order valence-corrected chi connectivity index (χ4v) is 1.61. The van der Waals surface area contributed by atoms with Gasteiger partial charge >= 0.3 is 6.18 Å². The molecule has 0 aliphatic heterocycles. The van der Waals surface area contributed by atoms with Gasteiger partial charge in [-0.1, -0.05) is 23.7 Å². The van der Waals surface area contributed by atoms with Crippen LogP contribution in [0.15, 0.2) is 18.2 Å². The lowest BCUT2D eigenvalue weighted by Gasteiger charge is -2.13. The van der Waals surface area contributed by atoms with Crippen LogP contribution in [0, 0.1) is 0 Å². The fourth-order valence-electron chi connectivity index (χ4n) is 1.30. The van der Waals surface area contributed by atoms with E-state index in [4.69, 9.17) is 17.3 Å². The first-order valence-electron chi connectivity index (χ1n) is 4.42. The minimum Gasteiger partial charge on any atom is -0.328 e. The molecule has 0 aliphatic carbocycles. The summed E-state index contributed by atoms with van der Waals surface area (Å²) in [4.78, 5) is 0. The second-order valence-electron chi connectivity index (χ2n) is 3.46. The number of alkyl halides is 3. The van der Waals surface area contributed by atoms with Gasteiger partial charge in [0, 0.05) is 6.04 Å². The van der Waals surface area contributed by atoms with Crippen molar-refractivity contribution in [3.05, 3.63) is 34.3 Å². The third kappa shape index (κ3) is 3.11. The van der Waals surface area contributed by atoms with Crippen molar-refractivity contribution in [3.8, 4) is 0 Å². The Hall–Kier alpha value is -0.740. The standard InChI is InChI=1S/C10H11ClF3N/c1-6(15)5-7-3-2-4-8(9(7)11)10(12,13)14/h2-4,6H,5,15H2,1H3. The molecule has 0 aromatic heterocycles. The fraction of sp³-hybridized carbons (Fsp3) is 0.400. The Morgan fingerprint density at radius 3 is 2.47 bits per heavy atom. The van der Waals surface area contributed by atoms with Crippen molar-refractivity contribution < 1.29 is 13.2 Å². The average molecular weight is 238 g/mol. The summed E-state index contributed by atoms with van der Waals surface area (Å²) in [6.07, 6.45) is -4.08. The predicted octanol–water partition coefficient (Wildman–Crippen LogP) is 3.25. The lowest BCUT2D eigenvalue weighted by Crippen LogP contribution is -2.18. The molecule has 84 valence electrons. The molecule has 0 saturated carbocycles. The minimum atomic E-state index is -4.41. The van der Waals surface area contributed by atoms with E-state index in [0.29, 0.717) is 12.0 Å². The Morgan fingerprint density at radius 1 is 1.40 bits per heavy atom. The van der Waals surface area contributed by atoms with E-state index >= 15 is 0 Å². The van der Waals surface area contributed by atoms with E-state index in [2.05, 4.69) is 0 Å². The van der Waals surface area contributed by atoms with Crippen molar-refractivity contribution in [1.82, 2.24) is 0 Å². The normalized spacial score (nSPS) is 14.0. The van der Waals surface area contributed by atoms with Gasteiger partial charge in [-0.15, -0.1) is 0 Å². The van der Waals surface area contributed by atoms with Crippen molar-refractivity contribution in [2.24, 2.45) is 5.73 Å². The van der Waals surface area contributed by atoms with Crippen LogP contribution in [0.5, 0.6) is 0 Å². The average Bonchev–Trinajstić information content (AvgIpc) is 2.05. The van der Waals surface area contributed by atoms with Crippen LogP contribution in [-0.2, 0) is 12.6 Å². The van der Waals surface area contributed by atoms with Gasteiger partial charge in [0.25, 0.3) is 0 Å². The van der Waals surface area contributed by atoms with Crippen molar-refractivity contribution in [3.63, 3.8) is 0 Å². The first kappa shape index (κ1) is 12.3. The van der Waals surface area contributed by atoms with Crippen LogP contribution in [0.25, 0.3) is 0 Å². The highest BCUT2D eigenvalue weighted by Crippen LogP contribution is 2.36. The van der Waals surface area contributed by atoms with Crippen molar-refractivity contribution in [1.29, 1.82) is 0 Å². The summed E-state index contributed by atoms with van der Waals surface area (Å²) < 4.78 is 37.4. The summed E-state index contributed by atoms with van der Waals surface area (Å²) in [6, 6.07) is 3.64. The molecule has 2 N–H and O–H groups in total. The van der Waals surface area contributed by atoms with E-state index in [0.717, 1.165) is 6.07 Å². The highest BCUT2D eigenvalue weighted by Gasteiger charge is 2.33. The molecule has 1 rings (SSSR count).